The molecule has 1 fully saturated rings. The molecule has 1 heterocycles. The third kappa shape index (κ3) is 5.19. The van der Waals surface area contributed by atoms with Gasteiger partial charge in [0.2, 0.25) is 15.9 Å². The van der Waals surface area contributed by atoms with Crippen LogP contribution in [0.4, 0.5) is 0 Å². The minimum Gasteiger partial charge on any atom is -0.457 e. The fourth-order valence-electron chi connectivity index (χ4n) is 4.56. The van der Waals surface area contributed by atoms with Crippen molar-refractivity contribution in [3.05, 3.63) is 103 Å². The van der Waals surface area contributed by atoms with Gasteiger partial charge in [0.25, 0.3) is 0 Å². The molecule has 1 aliphatic rings. The number of carbonyl (C=O) groups is 1. The molecule has 0 bridgehead atoms. The zero-order valence-corrected chi connectivity index (χ0v) is 20.8. The molecule has 2 atom stereocenters. The van der Waals surface area contributed by atoms with E-state index in [2.05, 4.69) is 11.4 Å². The van der Waals surface area contributed by atoms with Crippen LogP contribution in [0.25, 0.3) is 10.8 Å². The molecular formula is C29H25N3O4S. The number of nitriles is 1. The maximum Gasteiger partial charge on any atom is 0.243 e. The number of nitrogens with zero attached hydrogens (tertiary/aromatic N) is 2. The Morgan fingerprint density at radius 1 is 0.919 bits per heavy atom. The van der Waals surface area contributed by atoms with E-state index in [0.717, 1.165) is 10.8 Å². The zero-order valence-electron chi connectivity index (χ0n) is 19.9. The molecule has 1 amide bonds. The van der Waals surface area contributed by atoms with Crippen molar-refractivity contribution in [1.29, 1.82) is 5.26 Å². The molecule has 0 spiro atoms. The number of fused-ring (bicyclic) bond motifs is 1. The summed E-state index contributed by atoms with van der Waals surface area (Å²) in [4.78, 5) is 13.4. The Kier molecular flexibility index (Phi) is 6.91. The molecule has 8 heteroatoms. The smallest absolute Gasteiger partial charge is 0.243 e. The highest BCUT2D eigenvalue weighted by atomic mass is 32.2. The van der Waals surface area contributed by atoms with Crippen LogP contribution in [0.2, 0.25) is 0 Å². The topological polar surface area (TPSA) is 99.5 Å². The highest BCUT2D eigenvalue weighted by Crippen LogP contribution is 2.29. The van der Waals surface area contributed by atoms with Crippen molar-refractivity contribution in [2.24, 2.45) is 0 Å². The lowest BCUT2D eigenvalue weighted by atomic mass is 10.1. The van der Waals surface area contributed by atoms with Gasteiger partial charge >= 0.3 is 0 Å². The Morgan fingerprint density at radius 3 is 2.43 bits per heavy atom. The predicted molar refractivity (Wildman–Crippen MR) is 140 cm³/mol. The van der Waals surface area contributed by atoms with Crippen molar-refractivity contribution in [2.75, 3.05) is 6.54 Å². The lowest BCUT2D eigenvalue weighted by Gasteiger charge is -2.24. The first-order valence-corrected chi connectivity index (χ1v) is 13.4. The van der Waals surface area contributed by atoms with Crippen molar-refractivity contribution in [1.82, 2.24) is 9.62 Å². The summed E-state index contributed by atoms with van der Waals surface area (Å²) in [5.41, 5.74) is 0.547. The molecule has 1 N–H and O–H groups in total. The van der Waals surface area contributed by atoms with E-state index in [9.17, 15) is 18.5 Å². The number of nitrogens with one attached hydrogen (secondary N) is 1. The lowest BCUT2D eigenvalue weighted by molar-refractivity contribution is -0.124. The highest BCUT2D eigenvalue weighted by molar-refractivity contribution is 7.89. The molecule has 4 aromatic carbocycles. The Bertz CT molecular complexity index is 1580. The first kappa shape index (κ1) is 24.5. The molecule has 1 saturated heterocycles. The van der Waals surface area contributed by atoms with Gasteiger partial charge in [-0.3, -0.25) is 4.79 Å². The van der Waals surface area contributed by atoms with Crippen molar-refractivity contribution in [3.8, 4) is 17.6 Å². The normalized spacial score (nSPS) is 16.7. The van der Waals surface area contributed by atoms with Crippen LogP contribution in [0.1, 0.15) is 24.4 Å². The van der Waals surface area contributed by atoms with Crippen LogP contribution in [-0.4, -0.2) is 31.2 Å². The number of para-hydroxylation sites is 1. The monoisotopic (exact) mass is 511 g/mol. The van der Waals surface area contributed by atoms with Gasteiger partial charge in [0.15, 0.2) is 0 Å². The first-order valence-electron chi connectivity index (χ1n) is 12.0. The maximum absolute atomic E-state index is 13.5. The largest absolute Gasteiger partial charge is 0.457 e. The molecule has 0 aliphatic carbocycles. The van der Waals surface area contributed by atoms with Gasteiger partial charge in [0.1, 0.15) is 23.6 Å². The summed E-state index contributed by atoms with van der Waals surface area (Å²) in [5.74, 6) is 0.681. The third-order valence-electron chi connectivity index (χ3n) is 6.42. The van der Waals surface area contributed by atoms with E-state index >= 15 is 0 Å². The van der Waals surface area contributed by atoms with Crippen LogP contribution in [0.5, 0.6) is 11.5 Å². The van der Waals surface area contributed by atoms with Crippen molar-refractivity contribution in [3.63, 3.8) is 0 Å². The Hall–Kier alpha value is -4.19. The first-order chi connectivity index (χ1) is 18.0. The zero-order chi connectivity index (χ0) is 25.8. The molecule has 1 unspecified atom stereocenters. The number of hydrogen-bond donors (Lipinski definition) is 1. The molecule has 7 nitrogen and oxygen atoms in total. The van der Waals surface area contributed by atoms with E-state index in [4.69, 9.17) is 4.74 Å². The summed E-state index contributed by atoms with van der Waals surface area (Å²) in [6, 6.07) is 28.9. The molecule has 4 aromatic rings. The van der Waals surface area contributed by atoms with Crippen LogP contribution >= 0.6 is 0 Å². The minimum atomic E-state index is -3.90. The number of rotatable bonds is 7. The van der Waals surface area contributed by atoms with Crippen LogP contribution in [-0.2, 0) is 14.8 Å². The summed E-state index contributed by atoms with van der Waals surface area (Å²) in [7, 11) is -3.90. The Morgan fingerprint density at radius 2 is 1.65 bits per heavy atom. The average Bonchev–Trinajstić information content (AvgIpc) is 3.43. The van der Waals surface area contributed by atoms with Crippen LogP contribution in [0.15, 0.2) is 102 Å². The fourth-order valence-corrected chi connectivity index (χ4v) is 6.26. The van der Waals surface area contributed by atoms with Crippen molar-refractivity contribution >= 4 is 26.7 Å². The Labute approximate surface area is 216 Å². The van der Waals surface area contributed by atoms with E-state index in [1.807, 2.05) is 54.6 Å². The lowest BCUT2D eigenvalue weighted by Crippen LogP contribution is -2.46. The number of amides is 1. The van der Waals surface area contributed by atoms with Gasteiger partial charge in [-0.25, -0.2) is 8.42 Å². The molecule has 0 radical (unpaired) electrons. The predicted octanol–water partition coefficient (Wildman–Crippen LogP) is 5.17. The fraction of sp³-hybridized carbons (Fsp3) is 0.172. The summed E-state index contributed by atoms with van der Waals surface area (Å²) >= 11 is 0. The summed E-state index contributed by atoms with van der Waals surface area (Å²) in [5, 5.41) is 14.3. The Balaban J connectivity index is 1.34. The average molecular weight is 512 g/mol. The van der Waals surface area contributed by atoms with E-state index in [1.54, 1.807) is 42.5 Å². The van der Waals surface area contributed by atoms with Gasteiger partial charge in [0.05, 0.1) is 11.0 Å². The maximum atomic E-state index is 13.5. The molecule has 5 rings (SSSR count). The van der Waals surface area contributed by atoms with Gasteiger partial charge in [-0.2, -0.15) is 9.57 Å². The molecule has 0 aromatic heterocycles. The quantitative estimate of drug-likeness (QED) is 0.369. The second-order valence-electron chi connectivity index (χ2n) is 8.84. The molecule has 37 heavy (non-hydrogen) atoms. The van der Waals surface area contributed by atoms with Crippen LogP contribution < -0.4 is 10.1 Å². The van der Waals surface area contributed by atoms with E-state index in [0.29, 0.717) is 29.9 Å². The molecule has 1 aliphatic heterocycles. The van der Waals surface area contributed by atoms with E-state index < -0.39 is 28.0 Å². The molecule has 186 valence electrons. The number of hydrogen-bond acceptors (Lipinski definition) is 5. The van der Waals surface area contributed by atoms with E-state index in [1.165, 1.54) is 4.31 Å². The summed E-state index contributed by atoms with van der Waals surface area (Å²) in [6.07, 6.45) is 0.941. The number of carbonyl (C=O) groups excluding carboxylic acids is 1. The number of ether oxygens (including phenoxy) is 1. The summed E-state index contributed by atoms with van der Waals surface area (Å²) < 4.78 is 34.1. The van der Waals surface area contributed by atoms with Crippen LogP contribution in [0.3, 0.4) is 0 Å². The van der Waals surface area contributed by atoms with Gasteiger partial charge in [-0.1, -0.05) is 60.7 Å². The standard InChI is InChI=1S/C29H25N3O4S/c30-20-27(23-10-6-13-25(18-23)36-24-11-2-1-3-12-24)31-29(33)28-14-7-17-32(28)37(34,35)26-16-15-21-8-4-5-9-22(21)19-26/h1-6,8-13,15-16,18-19,27-28H,7,14,17H2,(H,31,33)/t27?,28-/m0/s1. The molecular weight excluding hydrogens is 486 g/mol. The second-order valence-corrected chi connectivity index (χ2v) is 10.7. The summed E-state index contributed by atoms with van der Waals surface area (Å²) in [6.45, 7) is 0.241. The van der Waals surface area contributed by atoms with Gasteiger partial charge in [-0.05, 0) is 65.6 Å². The number of benzene rings is 4. The van der Waals surface area contributed by atoms with Gasteiger partial charge in [0, 0.05) is 6.54 Å². The van der Waals surface area contributed by atoms with Crippen molar-refractivity contribution in [2.45, 2.75) is 29.8 Å². The number of sulfonamides is 1. The van der Waals surface area contributed by atoms with Crippen LogP contribution in [0, 0.1) is 11.3 Å². The minimum absolute atomic E-state index is 0.147. The van der Waals surface area contributed by atoms with Gasteiger partial charge in [-0.15, -0.1) is 0 Å². The van der Waals surface area contributed by atoms with Gasteiger partial charge < -0.3 is 10.1 Å². The SMILES string of the molecule is N#CC(NC(=O)[C@@H]1CCCN1S(=O)(=O)c1ccc2ccccc2c1)c1cccc(Oc2ccccc2)c1. The van der Waals surface area contributed by atoms with E-state index in [-0.39, 0.29) is 11.4 Å². The second kappa shape index (κ2) is 10.4. The molecule has 0 saturated carbocycles. The van der Waals surface area contributed by atoms with Crippen molar-refractivity contribution < 1.29 is 17.9 Å². The highest BCUT2D eigenvalue weighted by Gasteiger charge is 2.40. The third-order valence-corrected chi connectivity index (χ3v) is 8.32.